The molecule has 0 aromatic heterocycles. The number of phosphoric ester groups is 2. The third-order valence-electron chi connectivity index (χ3n) is 18.1. The average molecular weight is 1400 g/mol. The van der Waals surface area contributed by atoms with Crippen molar-refractivity contribution in [1.29, 1.82) is 0 Å². The molecule has 19 heteroatoms. The Balaban J connectivity index is 5.26. The lowest BCUT2D eigenvalue weighted by Gasteiger charge is -2.21. The highest BCUT2D eigenvalue weighted by Gasteiger charge is 2.30. The Morgan fingerprint density at radius 2 is 0.505 bits per heavy atom. The number of phosphoric acid groups is 2. The summed E-state index contributed by atoms with van der Waals surface area (Å²) in [5, 5.41) is 10.6. The van der Waals surface area contributed by atoms with Crippen LogP contribution in [0, 0.1) is 5.92 Å². The molecule has 0 aromatic carbocycles. The van der Waals surface area contributed by atoms with Crippen molar-refractivity contribution in [2.45, 2.75) is 419 Å². The topological polar surface area (TPSA) is 237 Å². The van der Waals surface area contributed by atoms with Crippen LogP contribution >= 0.6 is 15.6 Å². The molecular formula is C76H148O17P2. The maximum atomic E-state index is 13.1. The summed E-state index contributed by atoms with van der Waals surface area (Å²) in [5.74, 6) is -1.34. The molecule has 0 spiro atoms. The molecule has 6 atom stereocenters. The molecule has 3 N–H and O–H groups in total. The van der Waals surface area contributed by atoms with Crippen LogP contribution in [-0.2, 0) is 65.4 Å². The fourth-order valence-corrected chi connectivity index (χ4v) is 13.3. The van der Waals surface area contributed by atoms with E-state index in [2.05, 4.69) is 34.6 Å². The van der Waals surface area contributed by atoms with Crippen LogP contribution < -0.4 is 0 Å². The summed E-state index contributed by atoms with van der Waals surface area (Å²) in [6, 6.07) is 0. The molecule has 0 saturated heterocycles. The summed E-state index contributed by atoms with van der Waals surface area (Å²) in [5.41, 5.74) is 0. The highest BCUT2D eigenvalue weighted by molar-refractivity contribution is 7.47. The number of aliphatic hydroxyl groups is 1. The summed E-state index contributed by atoms with van der Waals surface area (Å²) < 4.78 is 68.6. The summed E-state index contributed by atoms with van der Waals surface area (Å²) >= 11 is 0. The lowest BCUT2D eigenvalue weighted by atomic mass is 9.99. The summed E-state index contributed by atoms with van der Waals surface area (Å²) in [6.07, 6.45) is 58.0. The van der Waals surface area contributed by atoms with Gasteiger partial charge in [0, 0.05) is 25.7 Å². The number of carbonyl (C=O) groups excluding carboxylic acids is 4. The van der Waals surface area contributed by atoms with E-state index < -0.39 is 97.5 Å². The smallest absolute Gasteiger partial charge is 0.462 e. The molecule has 0 radical (unpaired) electrons. The maximum Gasteiger partial charge on any atom is 0.472 e. The Hall–Kier alpha value is -1.94. The first-order chi connectivity index (χ1) is 46.1. The van der Waals surface area contributed by atoms with Gasteiger partial charge < -0.3 is 33.8 Å². The first-order valence-corrected chi connectivity index (χ1v) is 42.7. The third-order valence-corrected chi connectivity index (χ3v) is 20.0. The molecule has 3 unspecified atom stereocenters. The van der Waals surface area contributed by atoms with Crippen molar-refractivity contribution in [1.82, 2.24) is 0 Å². The first kappa shape index (κ1) is 93.1. The Labute approximate surface area is 581 Å². The van der Waals surface area contributed by atoms with Crippen molar-refractivity contribution in [3.8, 4) is 0 Å². The lowest BCUT2D eigenvalue weighted by Crippen LogP contribution is -2.30. The minimum absolute atomic E-state index is 0.106. The number of hydrogen-bond acceptors (Lipinski definition) is 15. The molecule has 0 amide bonds. The molecule has 0 aliphatic rings. The van der Waals surface area contributed by atoms with Crippen LogP contribution in [0.25, 0.3) is 0 Å². The van der Waals surface area contributed by atoms with Crippen molar-refractivity contribution in [3.05, 3.63) is 0 Å². The molecule has 0 aliphatic heterocycles. The van der Waals surface area contributed by atoms with Crippen LogP contribution in [0.5, 0.6) is 0 Å². The van der Waals surface area contributed by atoms with Crippen LogP contribution in [-0.4, -0.2) is 96.7 Å². The molecular weight excluding hydrogens is 1250 g/mol. The van der Waals surface area contributed by atoms with Crippen LogP contribution in [0.3, 0.4) is 0 Å². The first-order valence-electron chi connectivity index (χ1n) is 39.7. The molecule has 0 heterocycles. The quantitative estimate of drug-likeness (QED) is 0.0222. The van der Waals surface area contributed by atoms with Gasteiger partial charge in [0.2, 0.25) is 0 Å². The number of rotatable bonds is 76. The van der Waals surface area contributed by atoms with Gasteiger partial charge in [-0.1, -0.05) is 349 Å². The SMILES string of the molecule is CCCCCCCCCCCCCCCCCCC(=O)O[C@H](COC(=O)CCCCCCCCCCCCCCCCC)COP(=O)(O)OC[C@@H](O)COP(=O)(O)OC[C@@H](COC(=O)CCCCCCCCCCCCCC)OC(=O)CCCCCCCCCCC(C)CC. The van der Waals surface area contributed by atoms with Gasteiger partial charge in [-0.25, -0.2) is 9.13 Å². The Bertz CT molecular complexity index is 1820. The minimum atomic E-state index is -4.96. The van der Waals surface area contributed by atoms with E-state index in [-0.39, 0.29) is 25.7 Å². The van der Waals surface area contributed by atoms with E-state index in [4.69, 9.17) is 37.0 Å². The van der Waals surface area contributed by atoms with Gasteiger partial charge in [0.15, 0.2) is 12.2 Å². The van der Waals surface area contributed by atoms with Crippen molar-refractivity contribution in [2.24, 2.45) is 5.92 Å². The number of carbonyl (C=O) groups is 4. The number of hydrogen-bond donors (Lipinski definition) is 3. The predicted octanol–water partition coefficient (Wildman–Crippen LogP) is 22.5. The Morgan fingerprint density at radius 3 is 0.747 bits per heavy atom. The van der Waals surface area contributed by atoms with Crippen LogP contribution in [0.2, 0.25) is 0 Å². The second-order valence-electron chi connectivity index (χ2n) is 27.6. The summed E-state index contributed by atoms with van der Waals surface area (Å²) in [4.78, 5) is 72.8. The van der Waals surface area contributed by atoms with Gasteiger partial charge in [-0.3, -0.25) is 37.3 Å². The Kier molecular flexibility index (Phi) is 67.7. The number of aliphatic hydroxyl groups excluding tert-OH is 1. The van der Waals surface area contributed by atoms with Crippen molar-refractivity contribution < 1.29 is 80.2 Å². The van der Waals surface area contributed by atoms with Crippen molar-refractivity contribution >= 4 is 39.5 Å². The molecule has 0 aromatic rings. The third kappa shape index (κ3) is 69.0. The number of unbranched alkanes of at least 4 members (excludes halogenated alkanes) is 47. The Morgan fingerprint density at radius 1 is 0.295 bits per heavy atom. The summed E-state index contributed by atoms with van der Waals surface area (Å²) in [6.45, 7) is 7.30. The fourth-order valence-electron chi connectivity index (χ4n) is 11.7. The molecule has 0 bridgehead atoms. The van der Waals surface area contributed by atoms with Gasteiger partial charge >= 0.3 is 39.5 Å². The standard InChI is InChI=1S/C76H148O17P2/c1-6-10-13-16-19-22-25-28-30-32-34-37-40-46-51-56-61-75(80)92-71(65-86-74(79)60-55-50-45-39-36-33-31-29-26-23-20-17-14-11-7-2)67-90-94(82,83)88-63-70(77)64-89-95(84,85)91-68-72(93-76(81)62-57-52-47-42-41-43-48-53-58-69(5)9-4)66-87-73(78)59-54-49-44-38-35-27-24-21-18-15-12-8-3/h69-72,77H,6-68H2,1-5H3,(H,82,83)(H,84,85)/t69?,70-,71-,72-/m1/s1. The monoisotopic (exact) mass is 1400 g/mol. The highest BCUT2D eigenvalue weighted by Crippen LogP contribution is 2.45. The molecule has 564 valence electrons. The number of ether oxygens (including phenoxy) is 4. The van der Waals surface area contributed by atoms with Gasteiger partial charge in [0.05, 0.1) is 26.4 Å². The summed E-state index contributed by atoms with van der Waals surface area (Å²) in [7, 11) is -9.91. The zero-order valence-electron chi connectivity index (χ0n) is 61.8. The van der Waals surface area contributed by atoms with Gasteiger partial charge in [0.25, 0.3) is 0 Å². The van der Waals surface area contributed by atoms with E-state index >= 15 is 0 Å². The van der Waals surface area contributed by atoms with E-state index in [1.807, 2.05) is 0 Å². The lowest BCUT2D eigenvalue weighted by molar-refractivity contribution is -0.161. The van der Waals surface area contributed by atoms with Gasteiger partial charge in [-0.2, -0.15) is 0 Å². The van der Waals surface area contributed by atoms with Gasteiger partial charge in [0.1, 0.15) is 19.3 Å². The van der Waals surface area contributed by atoms with Gasteiger partial charge in [-0.15, -0.1) is 0 Å². The van der Waals surface area contributed by atoms with Crippen molar-refractivity contribution in [3.63, 3.8) is 0 Å². The normalized spacial score (nSPS) is 14.2. The van der Waals surface area contributed by atoms with Crippen LogP contribution in [0.15, 0.2) is 0 Å². The zero-order chi connectivity index (χ0) is 69.8. The van der Waals surface area contributed by atoms with Crippen LogP contribution in [0.1, 0.15) is 401 Å². The van der Waals surface area contributed by atoms with Crippen LogP contribution in [0.4, 0.5) is 0 Å². The molecule has 0 saturated carbocycles. The largest absolute Gasteiger partial charge is 0.472 e. The molecule has 95 heavy (non-hydrogen) atoms. The molecule has 0 rings (SSSR count). The van der Waals surface area contributed by atoms with E-state index in [1.165, 1.54) is 225 Å². The molecule has 17 nitrogen and oxygen atoms in total. The molecule has 0 aliphatic carbocycles. The van der Waals surface area contributed by atoms with E-state index in [1.54, 1.807) is 0 Å². The van der Waals surface area contributed by atoms with E-state index in [9.17, 15) is 43.2 Å². The van der Waals surface area contributed by atoms with Gasteiger partial charge in [-0.05, 0) is 31.6 Å². The number of esters is 4. The predicted molar refractivity (Wildman–Crippen MR) is 386 cm³/mol. The van der Waals surface area contributed by atoms with E-state index in [0.29, 0.717) is 25.7 Å². The van der Waals surface area contributed by atoms with Crippen molar-refractivity contribution in [2.75, 3.05) is 39.6 Å². The fraction of sp³-hybridized carbons (Fsp3) is 0.947. The second-order valence-corrected chi connectivity index (χ2v) is 30.5. The molecule has 0 fully saturated rings. The minimum Gasteiger partial charge on any atom is -0.462 e. The maximum absolute atomic E-state index is 13.1. The zero-order valence-corrected chi connectivity index (χ0v) is 63.6. The van der Waals surface area contributed by atoms with E-state index in [0.717, 1.165) is 95.8 Å². The second kappa shape index (κ2) is 69.2. The average Bonchev–Trinajstić information content (AvgIpc) is 3.26. The highest BCUT2D eigenvalue weighted by atomic mass is 31.2.